The third kappa shape index (κ3) is 3.64. The van der Waals surface area contributed by atoms with Crippen molar-refractivity contribution in [1.29, 1.82) is 0 Å². The summed E-state index contributed by atoms with van der Waals surface area (Å²) in [6.45, 7) is 3.44. The molecule has 1 fully saturated rings. The second-order valence-electron chi connectivity index (χ2n) is 5.53. The van der Waals surface area contributed by atoms with E-state index in [9.17, 15) is 14.4 Å². The van der Waals surface area contributed by atoms with Crippen molar-refractivity contribution in [1.82, 2.24) is 10.2 Å². The van der Waals surface area contributed by atoms with E-state index in [1.54, 1.807) is 31.2 Å². The van der Waals surface area contributed by atoms with Gasteiger partial charge in [0.25, 0.3) is 5.91 Å². The molecule has 1 saturated heterocycles. The van der Waals surface area contributed by atoms with Crippen LogP contribution in [0.5, 0.6) is 0 Å². The molecule has 1 atom stereocenters. The molecule has 1 aliphatic rings. The summed E-state index contributed by atoms with van der Waals surface area (Å²) in [5.41, 5.74) is -0.684. The van der Waals surface area contributed by atoms with Crippen molar-refractivity contribution < 1.29 is 19.1 Å². The van der Waals surface area contributed by atoms with Crippen molar-refractivity contribution in [2.24, 2.45) is 0 Å². The first kappa shape index (κ1) is 17.3. The van der Waals surface area contributed by atoms with Crippen molar-refractivity contribution in [2.75, 3.05) is 13.2 Å². The number of imide groups is 1. The third-order valence-electron chi connectivity index (χ3n) is 3.73. The highest BCUT2D eigenvalue weighted by Crippen LogP contribution is 2.30. The van der Waals surface area contributed by atoms with Crippen LogP contribution in [0.2, 0.25) is 5.02 Å². The molecule has 1 heterocycles. The monoisotopic (exact) mass is 338 g/mol. The number of benzene rings is 1. The number of carbonyl (C=O) groups excluding carboxylic acids is 3. The second-order valence-corrected chi connectivity index (χ2v) is 5.97. The molecular formula is C16H19ClN2O4. The number of nitrogens with zero attached hydrogens (tertiary/aromatic N) is 1. The van der Waals surface area contributed by atoms with Crippen LogP contribution in [0.4, 0.5) is 4.79 Å². The van der Waals surface area contributed by atoms with E-state index in [1.165, 1.54) is 0 Å². The topological polar surface area (TPSA) is 75.7 Å². The minimum atomic E-state index is -1.24. The summed E-state index contributed by atoms with van der Waals surface area (Å²) in [4.78, 5) is 37.3. The van der Waals surface area contributed by atoms with Crippen LogP contribution in [0.1, 0.15) is 32.3 Å². The molecule has 23 heavy (non-hydrogen) atoms. The molecule has 0 spiro atoms. The quantitative estimate of drug-likeness (QED) is 0.491. The van der Waals surface area contributed by atoms with E-state index in [4.69, 9.17) is 16.3 Å². The Labute approximate surface area is 139 Å². The Bertz CT molecular complexity index is 634. The lowest BCUT2D eigenvalue weighted by Crippen LogP contribution is -2.41. The number of amides is 3. The molecule has 3 amide bonds. The van der Waals surface area contributed by atoms with E-state index < -0.39 is 30.0 Å². The van der Waals surface area contributed by atoms with Crippen molar-refractivity contribution in [3.63, 3.8) is 0 Å². The molecular weight excluding hydrogens is 320 g/mol. The number of carbonyl (C=O) groups is 3. The van der Waals surface area contributed by atoms with E-state index in [-0.39, 0.29) is 6.61 Å². The van der Waals surface area contributed by atoms with E-state index >= 15 is 0 Å². The van der Waals surface area contributed by atoms with Crippen LogP contribution in [0, 0.1) is 0 Å². The van der Waals surface area contributed by atoms with E-state index in [0.29, 0.717) is 10.6 Å². The molecule has 1 unspecified atom stereocenters. The largest absolute Gasteiger partial charge is 0.464 e. The van der Waals surface area contributed by atoms with Gasteiger partial charge in [0.1, 0.15) is 12.1 Å². The van der Waals surface area contributed by atoms with Gasteiger partial charge in [0.2, 0.25) is 0 Å². The maximum atomic E-state index is 12.6. The first-order valence-electron chi connectivity index (χ1n) is 7.44. The van der Waals surface area contributed by atoms with Gasteiger partial charge in [-0.25, -0.2) is 4.79 Å². The average Bonchev–Trinajstić information content (AvgIpc) is 2.72. The lowest BCUT2D eigenvalue weighted by Gasteiger charge is -2.22. The Morgan fingerprint density at radius 1 is 1.39 bits per heavy atom. The molecule has 1 aliphatic heterocycles. The first-order valence-corrected chi connectivity index (χ1v) is 7.82. The summed E-state index contributed by atoms with van der Waals surface area (Å²) in [6.07, 6.45) is 1.63. The number of hydrogen-bond donors (Lipinski definition) is 1. The van der Waals surface area contributed by atoms with Gasteiger partial charge < -0.3 is 10.1 Å². The molecule has 1 aromatic carbocycles. The molecule has 7 heteroatoms. The summed E-state index contributed by atoms with van der Waals surface area (Å²) < 4.78 is 5.00. The maximum absolute atomic E-state index is 12.6. The van der Waals surface area contributed by atoms with Crippen molar-refractivity contribution in [3.8, 4) is 0 Å². The average molecular weight is 339 g/mol. The Balaban J connectivity index is 2.12. The zero-order valence-electron chi connectivity index (χ0n) is 13.1. The van der Waals surface area contributed by atoms with Gasteiger partial charge in [0.05, 0.1) is 6.61 Å². The molecule has 0 radical (unpaired) electrons. The van der Waals surface area contributed by atoms with Gasteiger partial charge in [0.15, 0.2) is 0 Å². The fourth-order valence-electron chi connectivity index (χ4n) is 2.34. The van der Waals surface area contributed by atoms with Gasteiger partial charge in [0, 0.05) is 5.02 Å². The Hall–Kier alpha value is -2.08. The van der Waals surface area contributed by atoms with Gasteiger partial charge in [-0.05, 0) is 31.0 Å². The minimum absolute atomic E-state index is 0.282. The summed E-state index contributed by atoms with van der Waals surface area (Å²) in [5.74, 6) is -1.10. The Morgan fingerprint density at radius 3 is 2.78 bits per heavy atom. The fourth-order valence-corrected chi connectivity index (χ4v) is 2.53. The highest BCUT2D eigenvalue weighted by atomic mass is 35.5. The third-order valence-corrected chi connectivity index (χ3v) is 3.96. The zero-order valence-corrected chi connectivity index (χ0v) is 13.9. The highest BCUT2D eigenvalue weighted by Gasteiger charge is 2.49. The molecule has 0 bridgehead atoms. The smallest absolute Gasteiger partial charge is 0.326 e. The molecule has 1 aromatic rings. The van der Waals surface area contributed by atoms with Crippen LogP contribution in [0.15, 0.2) is 24.3 Å². The van der Waals surface area contributed by atoms with Crippen molar-refractivity contribution in [2.45, 2.75) is 32.2 Å². The van der Waals surface area contributed by atoms with E-state index in [1.807, 2.05) is 6.92 Å². The van der Waals surface area contributed by atoms with Gasteiger partial charge in [-0.3, -0.25) is 14.5 Å². The number of rotatable bonds is 6. The normalized spacial score (nSPS) is 20.6. The molecule has 124 valence electrons. The number of unbranched alkanes of at least 4 members (excludes halogenated alkanes) is 1. The zero-order chi connectivity index (χ0) is 17.0. The standard InChI is InChI=1S/C16H19ClN2O4/c1-3-4-8-23-13(20)10-19-14(21)16(2,18-15(19)22)11-6-5-7-12(17)9-11/h5-7,9H,3-4,8,10H2,1-2H3,(H,18,22). The number of halogens is 1. The highest BCUT2D eigenvalue weighted by molar-refractivity contribution is 6.30. The van der Waals surface area contributed by atoms with Gasteiger partial charge in [-0.2, -0.15) is 0 Å². The molecule has 1 N–H and O–H groups in total. The number of urea groups is 1. The van der Waals surface area contributed by atoms with Gasteiger partial charge in [-0.15, -0.1) is 0 Å². The Morgan fingerprint density at radius 2 is 2.13 bits per heavy atom. The van der Waals surface area contributed by atoms with Crippen LogP contribution >= 0.6 is 11.6 Å². The maximum Gasteiger partial charge on any atom is 0.326 e. The van der Waals surface area contributed by atoms with Gasteiger partial charge in [-0.1, -0.05) is 37.1 Å². The molecule has 0 aliphatic carbocycles. The Kier molecular flexibility index (Phi) is 5.26. The lowest BCUT2D eigenvalue weighted by molar-refractivity contribution is -0.147. The summed E-state index contributed by atoms with van der Waals surface area (Å²) >= 11 is 5.95. The molecule has 2 rings (SSSR count). The van der Waals surface area contributed by atoms with Crippen LogP contribution in [0.25, 0.3) is 0 Å². The van der Waals surface area contributed by atoms with E-state index in [2.05, 4.69) is 5.32 Å². The van der Waals surface area contributed by atoms with E-state index in [0.717, 1.165) is 17.7 Å². The number of nitrogens with one attached hydrogen (secondary N) is 1. The fraction of sp³-hybridized carbons (Fsp3) is 0.438. The summed E-state index contributed by atoms with van der Waals surface area (Å²) in [5, 5.41) is 3.08. The van der Waals surface area contributed by atoms with Crippen LogP contribution in [-0.2, 0) is 19.9 Å². The number of ether oxygens (including phenoxy) is 1. The van der Waals surface area contributed by atoms with Crippen LogP contribution in [-0.4, -0.2) is 36.0 Å². The summed E-state index contributed by atoms with van der Waals surface area (Å²) in [6, 6.07) is 6.07. The number of hydrogen-bond acceptors (Lipinski definition) is 4. The number of esters is 1. The lowest BCUT2D eigenvalue weighted by atomic mass is 9.92. The van der Waals surface area contributed by atoms with Crippen molar-refractivity contribution in [3.05, 3.63) is 34.9 Å². The van der Waals surface area contributed by atoms with Crippen molar-refractivity contribution >= 4 is 29.5 Å². The van der Waals surface area contributed by atoms with Crippen LogP contribution in [0.3, 0.4) is 0 Å². The first-order chi connectivity index (χ1) is 10.9. The molecule has 6 nitrogen and oxygen atoms in total. The van der Waals surface area contributed by atoms with Gasteiger partial charge >= 0.3 is 12.0 Å². The van der Waals surface area contributed by atoms with Crippen LogP contribution < -0.4 is 5.32 Å². The molecule has 0 aromatic heterocycles. The second kappa shape index (κ2) is 7.00. The predicted octanol–water partition coefficient (Wildman–Crippen LogP) is 2.45. The predicted molar refractivity (Wildman–Crippen MR) is 84.9 cm³/mol. The minimum Gasteiger partial charge on any atom is -0.464 e. The molecule has 0 saturated carbocycles. The summed E-state index contributed by atoms with van der Waals surface area (Å²) in [7, 11) is 0. The SMILES string of the molecule is CCCCOC(=O)CN1C(=O)NC(C)(c2cccc(Cl)c2)C1=O.